The van der Waals surface area contributed by atoms with E-state index in [9.17, 15) is 18.3 Å². The van der Waals surface area contributed by atoms with Crippen molar-refractivity contribution in [2.45, 2.75) is 38.9 Å². The molecular formula is C19H22F3NO. The zero-order valence-electron chi connectivity index (χ0n) is 14.3. The molecule has 2 rings (SSSR count). The van der Waals surface area contributed by atoms with Crippen LogP contribution in [0.4, 0.5) is 18.9 Å². The maximum atomic E-state index is 13.2. The molecule has 2 aromatic rings. The number of aromatic hydroxyl groups is 1. The van der Waals surface area contributed by atoms with Gasteiger partial charge < -0.3 is 10.0 Å². The van der Waals surface area contributed by atoms with Crippen LogP contribution in [0.1, 0.15) is 37.5 Å². The fraction of sp³-hybridized carbons (Fsp3) is 0.368. The van der Waals surface area contributed by atoms with Gasteiger partial charge in [0.15, 0.2) is 0 Å². The molecule has 0 saturated carbocycles. The van der Waals surface area contributed by atoms with Gasteiger partial charge in [0.1, 0.15) is 5.75 Å². The van der Waals surface area contributed by atoms with Crippen LogP contribution in [0, 0.1) is 0 Å². The third-order valence-electron chi connectivity index (χ3n) is 3.96. The first-order valence-corrected chi connectivity index (χ1v) is 7.70. The van der Waals surface area contributed by atoms with Gasteiger partial charge in [0.2, 0.25) is 0 Å². The molecule has 0 aliphatic heterocycles. The van der Waals surface area contributed by atoms with Gasteiger partial charge in [-0.3, -0.25) is 0 Å². The molecule has 0 aromatic heterocycles. The molecule has 0 amide bonds. The van der Waals surface area contributed by atoms with Crippen LogP contribution in [0.25, 0.3) is 0 Å². The molecular weight excluding hydrogens is 315 g/mol. The summed E-state index contributed by atoms with van der Waals surface area (Å²) < 4.78 is 39.5. The summed E-state index contributed by atoms with van der Waals surface area (Å²) in [6.45, 7) is 6.13. The number of halogens is 3. The normalized spacial score (nSPS) is 12.3. The van der Waals surface area contributed by atoms with Gasteiger partial charge in [-0.05, 0) is 23.1 Å². The third-order valence-corrected chi connectivity index (χ3v) is 3.96. The maximum Gasteiger partial charge on any atom is 0.418 e. The van der Waals surface area contributed by atoms with Crippen LogP contribution in [-0.4, -0.2) is 12.2 Å². The fourth-order valence-electron chi connectivity index (χ4n) is 2.71. The van der Waals surface area contributed by atoms with E-state index < -0.39 is 11.7 Å². The molecule has 0 saturated heterocycles. The summed E-state index contributed by atoms with van der Waals surface area (Å²) in [5, 5.41) is 10.5. The minimum atomic E-state index is -4.42. The predicted molar refractivity (Wildman–Crippen MR) is 90.4 cm³/mol. The van der Waals surface area contributed by atoms with E-state index in [4.69, 9.17) is 0 Å². The largest absolute Gasteiger partial charge is 0.507 e. The lowest BCUT2D eigenvalue weighted by atomic mass is 9.85. The summed E-state index contributed by atoms with van der Waals surface area (Å²) in [6, 6.07) is 10.8. The molecule has 0 atom stereocenters. The molecule has 24 heavy (non-hydrogen) atoms. The van der Waals surface area contributed by atoms with E-state index in [0.717, 1.165) is 11.6 Å². The number of alkyl halides is 3. The van der Waals surface area contributed by atoms with Crippen molar-refractivity contribution in [3.05, 3.63) is 59.2 Å². The molecule has 0 bridgehead atoms. The standard InChI is InChI=1S/C19H22F3NO/c1-18(2,3)15-10-7-8-13(17(15)24)12-23(4)16-11-6-5-9-14(16)19(20,21)22/h5-11,24H,12H2,1-4H3. The lowest BCUT2D eigenvalue weighted by molar-refractivity contribution is -0.137. The van der Waals surface area contributed by atoms with Crippen molar-refractivity contribution in [3.63, 3.8) is 0 Å². The predicted octanol–water partition coefficient (Wildman–Crippen LogP) is 5.34. The smallest absolute Gasteiger partial charge is 0.418 e. The fourth-order valence-corrected chi connectivity index (χ4v) is 2.71. The molecule has 0 heterocycles. The topological polar surface area (TPSA) is 23.5 Å². The Labute approximate surface area is 140 Å². The maximum absolute atomic E-state index is 13.2. The highest BCUT2D eigenvalue weighted by Gasteiger charge is 2.34. The molecule has 0 unspecified atom stereocenters. The number of benzene rings is 2. The summed E-state index contributed by atoms with van der Waals surface area (Å²) in [6.07, 6.45) is -4.42. The van der Waals surface area contributed by atoms with Gasteiger partial charge in [-0.15, -0.1) is 0 Å². The Balaban J connectivity index is 2.37. The molecule has 0 fully saturated rings. The van der Waals surface area contributed by atoms with E-state index in [-0.39, 0.29) is 23.4 Å². The molecule has 0 aliphatic rings. The van der Waals surface area contributed by atoms with Crippen molar-refractivity contribution in [3.8, 4) is 5.75 Å². The van der Waals surface area contributed by atoms with E-state index in [0.29, 0.717) is 5.56 Å². The average Bonchev–Trinajstić information content (AvgIpc) is 2.47. The van der Waals surface area contributed by atoms with Gasteiger partial charge in [0.05, 0.1) is 5.56 Å². The highest BCUT2D eigenvalue weighted by Crippen LogP contribution is 2.38. The van der Waals surface area contributed by atoms with Gasteiger partial charge >= 0.3 is 6.18 Å². The van der Waals surface area contributed by atoms with Crippen LogP contribution in [0.3, 0.4) is 0 Å². The average molecular weight is 337 g/mol. The molecule has 2 nitrogen and oxygen atoms in total. The van der Waals surface area contributed by atoms with Crippen LogP contribution in [0.5, 0.6) is 5.75 Å². The van der Waals surface area contributed by atoms with Gasteiger partial charge in [-0.1, -0.05) is 51.1 Å². The quantitative estimate of drug-likeness (QED) is 0.816. The molecule has 0 spiro atoms. The van der Waals surface area contributed by atoms with Gasteiger partial charge in [-0.2, -0.15) is 13.2 Å². The summed E-state index contributed by atoms with van der Waals surface area (Å²) in [7, 11) is 1.59. The number of hydrogen-bond acceptors (Lipinski definition) is 2. The molecule has 2 aromatic carbocycles. The minimum absolute atomic E-state index is 0.0885. The van der Waals surface area contributed by atoms with Crippen molar-refractivity contribution in [2.24, 2.45) is 0 Å². The number of phenols is 1. The van der Waals surface area contributed by atoms with Crippen molar-refractivity contribution in [1.82, 2.24) is 0 Å². The summed E-state index contributed by atoms with van der Waals surface area (Å²) in [4.78, 5) is 1.50. The molecule has 5 heteroatoms. The minimum Gasteiger partial charge on any atom is -0.507 e. The van der Waals surface area contributed by atoms with E-state index in [1.807, 2.05) is 32.9 Å². The van der Waals surface area contributed by atoms with Gasteiger partial charge in [-0.25, -0.2) is 0 Å². The SMILES string of the molecule is CN(Cc1cccc(C(C)(C)C)c1O)c1ccccc1C(F)(F)F. The third kappa shape index (κ3) is 3.83. The molecule has 0 radical (unpaired) electrons. The van der Waals surface area contributed by atoms with Crippen molar-refractivity contribution in [2.75, 3.05) is 11.9 Å². The number of rotatable bonds is 3. The Morgan fingerprint density at radius 1 is 0.917 bits per heavy atom. The Morgan fingerprint density at radius 3 is 2.08 bits per heavy atom. The number of phenolic OH excluding ortho intramolecular Hbond substituents is 1. The number of anilines is 1. The highest BCUT2D eigenvalue weighted by atomic mass is 19.4. The van der Waals surface area contributed by atoms with Gasteiger partial charge in [0.25, 0.3) is 0 Å². The van der Waals surface area contributed by atoms with E-state index in [1.165, 1.54) is 17.0 Å². The first-order valence-electron chi connectivity index (χ1n) is 7.70. The van der Waals surface area contributed by atoms with Crippen LogP contribution >= 0.6 is 0 Å². The van der Waals surface area contributed by atoms with E-state index in [1.54, 1.807) is 19.2 Å². The van der Waals surface area contributed by atoms with Gasteiger partial charge in [0, 0.05) is 24.8 Å². The zero-order valence-corrected chi connectivity index (χ0v) is 14.3. The second-order valence-electron chi connectivity index (χ2n) is 6.93. The molecule has 1 N–H and O–H groups in total. The summed E-state index contributed by atoms with van der Waals surface area (Å²) in [5.74, 6) is 0.140. The number of nitrogens with zero attached hydrogens (tertiary/aromatic N) is 1. The second kappa shape index (κ2) is 6.38. The van der Waals surface area contributed by atoms with Crippen molar-refractivity contribution < 1.29 is 18.3 Å². The monoisotopic (exact) mass is 337 g/mol. The summed E-state index contributed by atoms with van der Waals surface area (Å²) >= 11 is 0. The Bertz CT molecular complexity index is 717. The highest BCUT2D eigenvalue weighted by molar-refractivity contribution is 5.56. The Kier molecular flexibility index (Phi) is 4.83. The summed E-state index contributed by atoms with van der Waals surface area (Å²) in [5.41, 5.74) is 0.534. The van der Waals surface area contributed by atoms with E-state index >= 15 is 0 Å². The zero-order chi connectivity index (χ0) is 18.1. The van der Waals surface area contributed by atoms with E-state index in [2.05, 4.69) is 0 Å². The Hall–Kier alpha value is -2.17. The van der Waals surface area contributed by atoms with Crippen molar-refractivity contribution in [1.29, 1.82) is 0 Å². The van der Waals surface area contributed by atoms with Crippen LogP contribution in [0.2, 0.25) is 0 Å². The lowest BCUT2D eigenvalue weighted by Gasteiger charge is -2.26. The number of hydrogen-bond donors (Lipinski definition) is 1. The van der Waals surface area contributed by atoms with Crippen LogP contribution in [-0.2, 0) is 18.1 Å². The Morgan fingerprint density at radius 2 is 1.50 bits per heavy atom. The first-order chi connectivity index (χ1) is 11.0. The first kappa shape index (κ1) is 18.2. The molecule has 0 aliphatic carbocycles. The second-order valence-corrected chi connectivity index (χ2v) is 6.93. The van der Waals surface area contributed by atoms with Crippen LogP contribution in [0.15, 0.2) is 42.5 Å². The van der Waals surface area contributed by atoms with Crippen molar-refractivity contribution >= 4 is 5.69 Å². The molecule has 130 valence electrons. The number of para-hydroxylation sites is 2. The van der Waals surface area contributed by atoms with Crippen LogP contribution < -0.4 is 4.90 Å². The lowest BCUT2D eigenvalue weighted by Crippen LogP contribution is -2.21.